The fourth-order valence-electron chi connectivity index (χ4n) is 4.28. The summed E-state index contributed by atoms with van der Waals surface area (Å²) >= 11 is 0. The lowest BCUT2D eigenvalue weighted by Gasteiger charge is -2.10. The number of ether oxygens (including phenoxy) is 12. The molecular formula is C39H72N2O14. The molecule has 2 N–H and O–H groups in total. The average molecular weight is 793 g/mol. The standard InChI is InChI=1S/C37H66N2O14.C2H6/c1-33-28-35(31-38-34(2)40)30-36(29-33)32-39-37(41)4-5-43-8-9-45-12-13-47-16-17-49-20-21-51-24-25-53-27-26-52-23-22-50-19-18-48-15-14-46-11-10-44-7-6-42-3;1-2/h28-30H,4-27,31-32H2,1-3H3,(H,38,40)(H,39,41);1-2H3. The van der Waals surface area contributed by atoms with Crippen LogP contribution >= 0.6 is 0 Å². The van der Waals surface area contributed by atoms with Crippen molar-refractivity contribution >= 4 is 11.8 Å². The average Bonchev–Trinajstić information content (AvgIpc) is 3.18. The molecular weight excluding hydrogens is 720 g/mol. The van der Waals surface area contributed by atoms with Crippen LogP contribution in [0.1, 0.15) is 43.9 Å². The summed E-state index contributed by atoms with van der Waals surface area (Å²) in [5.41, 5.74) is 3.06. The molecule has 322 valence electrons. The molecule has 0 atom stereocenters. The monoisotopic (exact) mass is 792 g/mol. The molecule has 0 radical (unpaired) electrons. The SMILES string of the molecule is CC.COCCOCCOCCOCCOCCOCCOCCOCCOCCOCCOCCOCCC(=O)NCc1cc(C)cc(CNC(C)=O)c1. The molecule has 0 aromatic heterocycles. The first-order valence-electron chi connectivity index (χ1n) is 19.5. The van der Waals surface area contributed by atoms with Crippen LogP contribution < -0.4 is 10.6 Å². The summed E-state index contributed by atoms with van der Waals surface area (Å²) in [6.45, 7) is 19.6. The van der Waals surface area contributed by atoms with Gasteiger partial charge in [0.2, 0.25) is 11.8 Å². The Kier molecular flexibility index (Phi) is 41.0. The fourth-order valence-corrected chi connectivity index (χ4v) is 4.28. The van der Waals surface area contributed by atoms with Crippen LogP contribution in [0.2, 0.25) is 0 Å². The van der Waals surface area contributed by atoms with Gasteiger partial charge in [0, 0.05) is 33.5 Å². The first-order valence-corrected chi connectivity index (χ1v) is 19.5. The van der Waals surface area contributed by atoms with E-state index in [1.165, 1.54) is 6.92 Å². The summed E-state index contributed by atoms with van der Waals surface area (Å²) in [6, 6.07) is 6.01. The maximum absolute atomic E-state index is 12.1. The van der Waals surface area contributed by atoms with Crippen LogP contribution in [0.5, 0.6) is 0 Å². The van der Waals surface area contributed by atoms with E-state index in [4.69, 9.17) is 56.8 Å². The Hall–Kier alpha value is -2.32. The highest BCUT2D eigenvalue weighted by molar-refractivity contribution is 5.76. The van der Waals surface area contributed by atoms with Crippen molar-refractivity contribution in [1.29, 1.82) is 0 Å². The number of nitrogens with one attached hydrogen (secondary N) is 2. The molecule has 1 aromatic carbocycles. The molecule has 0 heterocycles. The highest BCUT2D eigenvalue weighted by atomic mass is 16.6. The van der Waals surface area contributed by atoms with Crippen molar-refractivity contribution in [3.63, 3.8) is 0 Å². The summed E-state index contributed by atoms with van der Waals surface area (Å²) in [5.74, 6) is -0.164. The van der Waals surface area contributed by atoms with Crippen LogP contribution in [0, 0.1) is 6.92 Å². The number of hydrogen-bond donors (Lipinski definition) is 2. The number of carbonyl (C=O) groups is 2. The highest BCUT2D eigenvalue weighted by Crippen LogP contribution is 2.10. The van der Waals surface area contributed by atoms with E-state index < -0.39 is 0 Å². The second kappa shape index (κ2) is 42.8. The van der Waals surface area contributed by atoms with Crippen molar-refractivity contribution in [3.05, 3.63) is 34.9 Å². The van der Waals surface area contributed by atoms with E-state index in [1.54, 1.807) is 7.11 Å². The number of aryl methyl sites for hydroxylation is 1. The molecule has 0 fully saturated rings. The van der Waals surface area contributed by atoms with Gasteiger partial charge in [-0.05, 0) is 18.1 Å². The molecule has 16 heteroatoms. The second-order valence-electron chi connectivity index (χ2n) is 11.5. The fraction of sp³-hybridized carbons (Fsp3) is 0.795. The quantitative estimate of drug-likeness (QED) is 0.0931. The van der Waals surface area contributed by atoms with E-state index >= 15 is 0 Å². The van der Waals surface area contributed by atoms with E-state index in [2.05, 4.69) is 10.6 Å². The zero-order chi connectivity index (χ0) is 40.3. The van der Waals surface area contributed by atoms with Crippen LogP contribution in [0.15, 0.2) is 18.2 Å². The summed E-state index contributed by atoms with van der Waals surface area (Å²) in [6.07, 6.45) is 0.268. The highest BCUT2D eigenvalue weighted by Gasteiger charge is 2.05. The van der Waals surface area contributed by atoms with E-state index in [9.17, 15) is 9.59 Å². The number of methoxy groups -OCH3 is 1. The van der Waals surface area contributed by atoms with Gasteiger partial charge in [-0.2, -0.15) is 0 Å². The van der Waals surface area contributed by atoms with Gasteiger partial charge in [0.25, 0.3) is 0 Å². The predicted molar refractivity (Wildman–Crippen MR) is 207 cm³/mol. The molecule has 55 heavy (non-hydrogen) atoms. The molecule has 0 aliphatic carbocycles. The molecule has 0 spiro atoms. The van der Waals surface area contributed by atoms with Gasteiger partial charge in [0.15, 0.2) is 0 Å². The molecule has 2 amide bonds. The topological polar surface area (TPSA) is 169 Å². The number of carbonyl (C=O) groups excluding carboxylic acids is 2. The maximum atomic E-state index is 12.1. The predicted octanol–water partition coefficient (Wildman–Crippen LogP) is 2.49. The third-order valence-corrected chi connectivity index (χ3v) is 6.85. The van der Waals surface area contributed by atoms with Gasteiger partial charge in [-0.1, -0.05) is 37.6 Å². The van der Waals surface area contributed by atoms with Crippen molar-refractivity contribution in [2.75, 3.05) is 159 Å². The normalized spacial score (nSPS) is 11.0. The molecule has 0 aliphatic rings. The molecule has 1 rings (SSSR count). The van der Waals surface area contributed by atoms with Crippen molar-refractivity contribution in [3.8, 4) is 0 Å². The van der Waals surface area contributed by atoms with Gasteiger partial charge < -0.3 is 67.5 Å². The third-order valence-electron chi connectivity index (χ3n) is 6.85. The molecule has 0 bridgehead atoms. The molecule has 16 nitrogen and oxygen atoms in total. The number of benzene rings is 1. The van der Waals surface area contributed by atoms with Crippen LogP contribution in [0.4, 0.5) is 0 Å². The Labute approximate surface area is 329 Å². The Bertz CT molecular complexity index is 992. The first kappa shape index (κ1) is 52.7. The lowest BCUT2D eigenvalue weighted by Crippen LogP contribution is -2.24. The smallest absolute Gasteiger partial charge is 0.222 e. The number of hydrogen-bond acceptors (Lipinski definition) is 14. The van der Waals surface area contributed by atoms with Crippen molar-refractivity contribution in [2.45, 2.75) is 47.2 Å². The lowest BCUT2D eigenvalue weighted by molar-refractivity contribution is -0.122. The van der Waals surface area contributed by atoms with Crippen molar-refractivity contribution in [1.82, 2.24) is 10.6 Å². The minimum Gasteiger partial charge on any atom is -0.382 e. The van der Waals surface area contributed by atoms with E-state index in [0.717, 1.165) is 16.7 Å². The Morgan fingerprint density at radius 1 is 0.436 bits per heavy atom. The Morgan fingerprint density at radius 2 is 0.709 bits per heavy atom. The maximum Gasteiger partial charge on any atom is 0.222 e. The zero-order valence-corrected chi connectivity index (χ0v) is 34.3. The van der Waals surface area contributed by atoms with E-state index in [-0.39, 0.29) is 18.2 Å². The molecule has 1 aromatic rings. The molecule has 0 aliphatic heterocycles. The van der Waals surface area contributed by atoms with Gasteiger partial charge in [-0.25, -0.2) is 0 Å². The largest absolute Gasteiger partial charge is 0.382 e. The van der Waals surface area contributed by atoms with Gasteiger partial charge in [-0.3, -0.25) is 9.59 Å². The Balaban J connectivity index is 0.0000143. The van der Waals surface area contributed by atoms with Crippen molar-refractivity contribution in [2.24, 2.45) is 0 Å². The van der Waals surface area contributed by atoms with Crippen LogP contribution in [0.3, 0.4) is 0 Å². The van der Waals surface area contributed by atoms with Gasteiger partial charge >= 0.3 is 0 Å². The van der Waals surface area contributed by atoms with E-state index in [1.807, 2.05) is 39.0 Å². The van der Waals surface area contributed by atoms with Crippen LogP contribution in [-0.4, -0.2) is 171 Å². The molecule has 0 saturated heterocycles. The third kappa shape index (κ3) is 39.7. The minimum absolute atomic E-state index is 0.0781. The minimum atomic E-state index is -0.0864. The van der Waals surface area contributed by atoms with Crippen LogP contribution in [-0.2, 0) is 79.5 Å². The first-order chi connectivity index (χ1) is 27.0. The number of amides is 2. The summed E-state index contributed by atoms with van der Waals surface area (Å²) in [4.78, 5) is 23.3. The summed E-state index contributed by atoms with van der Waals surface area (Å²) < 4.78 is 64.9. The number of rotatable bonds is 40. The van der Waals surface area contributed by atoms with Gasteiger partial charge in [0.05, 0.1) is 152 Å². The molecule has 0 saturated carbocycles. The van der Waals surface area contributed by atoms with Crippen LogP contribution in [0.25, 0.3) is 0 Å². The Morgan fingerprint density at radius 3 is 1.00 bits per heavy atom. The zero-order valence-electron chi connectivity index (χ0n) is 34.3. The van der Waals surface area contributed by atoms with E-state index in [0.29, 0.717) is 165 Å². The lowest BCUT2D eigenvalue weighted by atomic mass is 10.1. The molecule has 0 unspecified atom stereocenters. The second-order valence-corrected chi connectivity index (χ2v) is 11.5. The van der Waals surface area contributed by atoms with Crippen molar-refractivity contribution < 1.29 is 66.4 Å². The summed E-state index contributed by atoms with van der Waals surface area (Å²) in [5, 5.41) is 5.69. The van der Waals surface area contributed by atoms with Gasteiger partial charge in [-0.15, -0.1) is 0 Å². The van der Waals surface area contributed by atoms with Gasteiger partial charge in [0.1, 0.15) is 0 Å². The summed E-state index contributed by atoms with van der Waals surface area (Å²) in [7, 11) is 1.64.